The Morgan fingerprint density at radius 2 is 1.65 bits per heavy atom. The monoisotopic (exact) mass is 618 g/mol. The number of nitrogens with one attached hydrogen (secondary N) is 1. The number of fused-ring (bicyclic) bond motifs is 1. The topological polar surface area (TPSA) is 92.8 Å². The van der Waals surface area contributed by atoms with Gasteiger partial charge in [-0.1, -0.05) is 74.5 Å². The first-order valence-corrected chi connectivity index (χ1v) is 17.0. The molecule has 0 radical (unpaired) electrons. The molecule has 1 unspecified atom stereocenters. The third-order valence-corrected chi connectivity index (χ3v) is 10.9. The molecule has 1 aliphatic rings. The molecule has 1 aliphatic heterocycles. The van der Waals surface area contributed by atoms with E-state index in [1.807, 2.05) is 66.0 Å². The molecule has 0 bridgehead atoms. The van der Waals surface area contributed by atoms with E-state index in [9.17, 15) is 18.0 Å². The number of hydrogen-bond donors (Lipinski definition) is 1. The fraction of sp³-hybridized carbons (Fsp3) is 0.353. The molecule has 7 nitrogen and oxygen atoms in total. The second-order valence-electron chi connectivity index (χ2n) is 11.7. The van der Waals surface area contributed by atoms with E-state index < -0.39 is 21.5 Å². The van der Waals surface area contributed by atoms with Crippen molar-refractivity contribution in [3.8, 4) is 0 Å². The molecule has 0 saturated carbocycles. The van der Waals surface area contributed by atoms with Gasteiger partial charge in [0.25, 0.3) is 0 Å². The highest BCUT2D eigenvalue weighted by molar-refractivity contribution is 7.89. The van der Waals surface area contributed by atoms with Gasteiger partial charge in [-0.3, -0.25) is 9.59 Å². The lowest BCUT2D eigenvalue weighted by atomic mass is 9.78. The third kappa shape index (κ3) is 7.00. The van der Waals surface area contributed by atoms with E-state index >= 15 is 0 Å². The van der Waals surface area contributed by atoms with Gasteiger partial charge in [0.1, 0.15) is 6.04 Å². The van der Waals surface area contributed by atoms with Crippen molar-refractivity contribution >= 4 is 43.3 Å². The third-order valence-electron chi connectivity index (χ3n) is 8.46. The Morgan fingerprint density at radius 1 is 0.977 bits per heavy atom. The first-order valence-electron chi connectivity index (χ1n) is 14.6. The molecule has 226 valence electrons. The van der Waals surface area contributed by atoms with Gasteiger partial charge in [0.15, 0.2) is 0 Å². The molecule has 1 amide bonds. The van der Waals surface area contributed by atoms with Gasteiger partial charge in [-0.25, -0.2) is 8.42 Å². The first-order chi connectivity index (χ1) is 20.6. The fourth-order valence-electron chi connectivity index (χ4n) is 5.76. The van der Waals surface area contributed by atoms with Gasteiger partial charge in [0.05, 0.1) is 11.5 Å². The number of sulfonamides is 1. The number of nitrogens with zero attached hydrogens (tertiary/aromatic N) is 1. The normalized spacial score (nSPS) is 15.4. The van der Waals surface area contributed by atoms with Crippen LogP contribution in [0.25, 0.3) is 10.1 Å². The molecule has 3 aromatic carbocycles. The van der Waals surface area contributed by atoms with Gasteiger partial charge in [0.2, 0.25) is 15.9 Å². The summed E-state index contributed by atoms with van der Waals surface area (Å²) < 4.78 is 36.9. The van der Waals surface area contributed by atoms with E-state index in [1.54, 1.807) is 23.1 Å². The largest absolute Gasteiger partial charge is 0.466 e. The highest BCUT2D eigenvalue weighted by Gasteiger charge is 2.35. The van der Waals surface area contributed by atoms with E-state index in [2.05, 4.69) is 18.6 Å². The number of thiophene rings is 1. The van der Waals surface area contributed by atoms with E-state index in [1.165, 1.54) is 18.3 Å². The lowest BCUT2D eigenvalue weighted by Crippen LogP contribution is -2.46. The number of ether oxygens (including phenoxy) is 1. The Balaban J connectivity index is 1.41. The molecule has 0 spiro atoms. The average Bonchev–Trinajstić information content (AvgIpc) is 3.44. The Hall–Kier alpha value is -3.53. The zero-order valence-corrected chi connectivity index (χ0v) is 26.4. The molecule has 1 N–H and O–H groups in total. The summed E-state index contributed by atoms with van der Waals surface area (Å²) in [6, 6.07) is 23.6. The lowest BCUT2D eigenvalue weighted by molar-refractivity contribution is -0.141. The first kappa shape index (κ1) is 30.9. The molecule has 9 heteroatoms. The second kappa shape index (κ2) is 13.0. The molecular formula is C34H38N2O5S2. The van der Waals surface area contributed by atoms with E-state index in [0.29, 0.717) is 31.2 Å². The summed E-state index contributed by atoms with van der Waals surface area (Å²) in [7, 11) is -4.08. The van der Waals surface area contributed by atoms with Crippen LogP contribution in [0.1, 0.15) is 62.8 Å². The highest BCUT2D eigenvalue weighted by Crippen LogP contribution is 2.35. The number of benzene rings is 3. The number of amides is 1. The summed E-state index contributed by atoms with van der Waals surface area (Å²) in [6.07, 6.45) is 2.30. The van der Waals surface area contributed by atoms with Crippen LogP contribution in [0.5, 0.6) is 0 Å². The number of piperidine rings is 1. The van der Waals surface area contributed by atoms with Gasteiger partial charge in [-0.2, -0.15) is 4.72 Å². The van der Waals surface area contributed by atoms with Crippen molar-refractivity contribution in [1.29, 1.82) is 0 Å². The summed E-state index contributed by atoms with van der Waals surface area (Å²) in [4.78, 5) is 27.1. The van der Waals surface area contributed by atoms with Crippen LogP contribution in [-0.4, -0.2) is 44.9 Å². The zero-order chi connectivity index (χ0) is 30.6. The quantitative estimate of drug-likeness (QED) is 0.207. The van der Waals surface area contributed by atoms with Crippen molar-refractivity contribution in [1.82, 2.24) is 9.62 Å². The van der Waals surface area contributed by atoms with Gasteiger partial charge in [-0.05, 0) is 70.8 Å². The summed E-state index contributed by atoms with van der Waals surface area (Å²) in [5, 5.41) is 2.75. The number of carbonyl (C=O) groups is 2. The minimum absolute atomic E-state index is 0.121. The van der Waals surface area contributed by atoms with Crippen molar-refractivity contribution in [2.24, 2.45) is 5.92 Å². The van der Waals surface area contributed by atoms with Gasteiger partial charge >= 0.3 is 5.97 Å². The van der Waals surface area contributed by atoms with Gasteiger partial charge < -0.3 is 9.64 Å². The van der Waals surface area contributed by atoms with Crippen molar-refractivity contribution in [3.05, 3.63) is 101 Å². The van der Waals surface area contributed by atoms with Crippen molar-refractivity contribution in [3.63, 3.8) is 0 Å². The minimum Gasteiger partial charge on any atom is -0.466 e. The molecule has 1 aromatic heterocycles. The van der Waals surface area contributed by atoms with E-state index in [0.717, 1.165) is 40.5 Å². The maximum atomic E-state index is 14.1. The predicted octanol–water partition coefficient (Wildman–Crippen LogP) is 6.44. The summed E-state index contributed by atoms with van der Waals surface area (Å²) in [5.41, 5.74) is 2.17. The standard InChI is InChI=1S/C34H38N2O5S2/c1-24(37)41-21-18-25-16-19-36(20-17-25)33(38)32(30-23-42-31-15-8-7-14-29(30)31)35-43(39,40)28-13-9-12-27(22-28)34(2,3)26-10-5-4-6-11-26/h4-15,22-23,25,32,35H,16-21H2,1-3H3. The van der Waals surface area contributed by atoms with Crippen LogP contribution in [0.4, 0.5) is 0 Å². The average molecular weight is 619 g/mol. The molecule has 1 fully saturated rings. The van der Waals surface area contributed by atoms with Crippen LogP contribution in [0.2, 0.25) is 0 Å². The molecular weight excluding hydrogens is 581 g/mol. The van der Waals surface area contributed by atoms with E-state index in [4.69, 9.17) is 4.74 Å². The number of rotatable bonds is 10. The zero-order valence-electron chi connectivity index (χ0n) is 24.8. The van der Waals surface area contributed by atoms with Crippen LogP contribution in [0, 0.1) is 5.92 Å². The maximum Gasteiger partial charge on any atom is 0.302 e. The van der Waals surface area contributed by atoms with Crippen LogP contribution in [-0.2, 0) is 29.8 Å². The minimum atomic E-state index is -4.08. The van der Waals surface area contributed by atoms with Crippen LogP contribution in [0.3, 0.4) is 0 Å². The summed E-state index contributed by atoms with van der Waals surface area (Å²) in [5.74, 6) is -0.206. The van der Waals surface area contributed by atoms with E-state index in [-0.39, 0.29) is 16.8 Å². The number of esters is 1. The number of carbonyl (C=O) groups excluding carboxylic acids is 2. The highest BCUT2D eigenvalue weighted by atomic mass is 32.2. The van der Waals surface area contributed by atoms with Gasteiger partial charge in [-0.15, -0.1) is 11.3 Å². The van der Waals surface area contributed by atoms with Crippen LogP contribution < -0.4 is 4.72 Å². The molecule has 2 heterocycles. The van der Waals surface area contributed by atoms with Gasteiger partial charge in [0, 0.05) is 30.1 Å². The summed E-state index contributed by atoms with van der Waals surface area (Å²) in [6.45, 7) is 6.95. The smallest absolute Gasteiger partial charge is 0.302 e. The Bertz CT molecular complexity index is 1690. The molecule has 0 aliphatic carbocycles. The summed E-state index contributed by atoms with van der Waals surface area (Å²) >= 11 is 1.50. The SMILES string of the molecule is CC(=O)OCCC1CCN(C(=O)C(NS(=O)(=O)c2cccc(C(C)(C)c3ccccc3)c2)c2csc3ccccc23)CC1. The Morgan fingerprint density at radius 3 is 2.37 bits per heavy atom. The molecule has 1 saturated heterocycles. The lowest BCUT2D eigenvalue weighted by Gasteiger charge is -2.34. The molecule has 1 atom stereocenters. The maximum absolute atomic E-state index is 14.1. The van der Waals surface area contributed by atoms with Crippen LogP contribution in [0.15, 0.2) is 89.1 Å². The second-order valence-corrected chi connectivity index (χ2v) is 14.3. The molecule has 5 rings (SSSR count). The van der Waals surface area contributed by atoms with Crippen molar-refractivity contribution in [2.75, 3.05) is 19.7 Å². The van der Waals surface area contributed by atoms with Crippen molar-refractivity contribution in [2.45, 2.75) is 56.4 Å². The Labute approximate surface area is 257 Å². The number of hydrogen-bond acceptors (Lipinski definition) is 6. The predicted molar refractivity (Wildman–Crippen MR) is 170 cm³/mol. The van der Waals surface area contributed by atoms with Crippen molar-refractivity contribution < 1.29 is 22.7 Å². The van der Waals surface area contributed by atoms with Crippen LogP contribution >= 0.6 is 11.3 Å². The number of likely N-dealkylation sites (tertiary alicyclic amines) is 1. The Kier molecular flexibility index (Phi) is 9.34. The fourth-order valence-corrected chi connectivity index (χ4v) is 7.96. The molecule has 43 heavy (non-hydrogen) atoms. The molecule has 4 aromatic rings.